The van der Waals surface area contributed by atoms with E-state index in [1.807, 2.05) is 4.90 Å². The van der Waals surface area contributed by atoms with Crippen molar-refractivity contribution in [3.05, 3.63) is 0 Å². The fraction of sp³-hybridized carbons (Fsp3) is 0.882. The Morgan fingerprint density at radius 1 is 1.19 bits per heavy atom. The summed E-state index contributed by atoms with van der Waals surface area (Å²) in [7, 11) is 0. The van der Waals surface area contributed by atoms with Crippen LogP contribution in [0.1, 0.15) is 71.6 Å². The van der Waals surface area contributed by atoms with E-state index in [0.29, 0.717) is 25.4 Å². The lowest BCUT2D eigenvalue weighted by molar-refractivity contribution is -0.131. The van der Waals surface area contributed by atoms with Crippen LogP contribution in [0.2, 0.25) is 0 Å². The maximum Gasteiger partial charge on any atom is 0.222 e. The number of nitrogens with zero attached hydrogens (tertiary/aromatic N) is 1. The minimum atomic E-state index is -0.270. The lowest BCUT2D eigenvalue weighted by Gasteiger charge is -2.20. The molecular weight excluding hydrogens is 264 g/mol. The van der Waals surface area contributed by atoms with E-state index in [9.17, 15) is 9.59 Å². The van der Waals surface area contributed by atoms with Crippen molar-refractivity contribution in [2.24, 2.45) is 17.6 Å². The molecule has 4 heteroatoms. The first-order valence-electron chi connectivity index (χ1n) is 8.65. The number of hydrogen-bond acceptors (Lipinski definition) is 2. The van der Waals surface area contributed by atoms with Crippen LogP contribution in [0.4, 0.5) is 0 Å². The third-order valence-corrected chi connectivity index (χ3v) is 4.70. The fourth-order valence-corrected chi connectivity index (χ4v) is 3.08. The number of unbranched alkanes of at least 4 members (excludes halogenated alkanes) is 4. The number of carbonyl (C=O) groups excluding carboxylic acids is 2. The Morgan fingerprint density at radius 2 is 1.90 bits per heavy atom. The Balaban J connectivity index is 2.26. The van der Waals surface area contributed by atoms with Gasteiger partial charge < -0.3 is 10.6 Å². The summed E-state index contributed by atoms with van der Waals surface area (Å²) >= 11 is 0. The molecule has 2 amide bonds. The highest BCUT2D eigenvalue weighted by molar-refractivity contribution is 5.81. The van der Waals surface area contributed by atoms with Crippen molar-refractivity contribution >= 4 is 11.8 Å². The van der Waals surface area contributed by atoms with E-state index in [0.717, 1.165) is 19.3 Å². The van der Waals surface area contributed by atoms with Gasteiger partial charge in [0.15, 0.2) is 0 Å². The van der Waals surface area contributed by atoms with E-state index in [2.05, 4.69) is 13.8 Å². The molecule has 0 saturated carbocycles. The van der Waals surface area contributed by atoms with Gasteiger partial charge in [-0.2, -0.15) is 0 Å². The first-order valence-corrected chi connectivity index (χ1v) is 8.65. The SMILES string of the molecule is CCCCCCCC(CC)CC(=O)N1CCC(C(N)=O)C1. The molecular formula is C17H32N2O2. The minimum Gasteiger partial charge on any atom is -0.369 e. The van der Waals surface area contributed by atoms with Crippen molar-refractivity contribution in [1.29, 1.82) is 0 Å². The monoisotopic (exact) mass is 296 g/mol. The molecule has 1 rings (SSSR count). The van der Waals surface area contributed by atoms with E-state index in [4.69, 9.17) is 5.73 Å². The first-order chi connectivity index (χ1) is 10.1. The van der Waals surface area contributed by atoms with Crippen LogP contribution in [-0.2, 0) is 9.59 Å². The van der Waals surface area contributed by atoms with Gasteiger partial charge in [0.05, 0.1) is 5.92 Å². The lowest BCUT2D eigenvalue weighted by atomic mass is 9.94. The Bertz CT molecular complexity index is 331. The summed E-state index contributed by atoms with van der Waals surface area (Å²) < 4.78 is 0. The maximum absolute atomic E-state index is 12.3. The van der Waals surface area contributed by atoms with Crippen LogP contribution in [0.15, 0.2) is 0 Å². The van der Waals surface area contributed by atoms with Gasteiger partial charge in [-0.15, -0.1) is 0 Å². The van der Waals surface area contributed by atoms with Gasteiger partial charge in [0.25, 0.3) is 0 Å². The standard InChI is InChI=1S/C17H32N2O2/c1-3-5-6-7-8-9-14(4-2)12-16(20)19-11-10-15(13-19)17(18)21/h14-15H,3-13H2,1-2H3,(H2,18,21). The number of likely N-dealkylation sites (tertiary alicyclic amines) is 1. The molecule has 1 aliphatic rings. The summed E-state index contributed by atoms with van der Waals surface area (Å²) in [5, 5.41) is 0. The molecule has 1 saturated heterocycles. The van der Waals surface area contributed by atoms with Gasteiger partial charge in [-0.3, -0.25) is 9.59 Å². The second kappa shape index (κ2) is 9.80. The van der Waals surface area contributed by atoms with Gasteiger partial charge >= 0.3 is 0 Å². The second-order valence-electron chi connectivity index (χ2n) is 6.41. The Hall–Kier alpha value is -1.06. The Morgan fingerprint density at radius 3 is 2.48 bits per heavy atom. The molecule has 0 aliphatic carbocycles. The predicted octanol–water partition coefficient (Wildman–Crippen LogP) is 3.10. The molecule has 0 spiro atoms. The highest BCUT2D eigenvalue weighted by Gasteiger charge is 2.30. The van der Waals surface area contributed by atoms with Crippen LogP contribution in [-0.4, -0.2) is 29.8 Å². The zero-order valence-electron chi connectivity index (χ0n) is 13.8. The molecule has 0 bridgehead atoms. The highest BCUT2D eigenvalue weighted by atomic mass is 16.2. The van der Waals surface area contributed by atoms with Crippen LogP contribution in [0, 0.1) is 11.8 Å². The molecule has 21 heavy (non-hydrogen) atoms. The van der Waals surface area contributed by atoms with Gasteiger partial charge in [-0.05, 0) is 18.8 Å². The van der Waals surface area contributed by atoms with E-state index in [1.54, 1.807) is 0 Å². The molecule has 2 atom stereocenters. The summed E-state index contributed by atoms with van der Waals surface area (Å²) in [5.41, 5.74) is 5.32. The fourth-order valence-electron chi connectivity index (χ4n) is 3.08. The number of carbonyl (C=O) groups is 2. The zero-order valence-corrected chi connectivity index (χ0v) is 13.8. The van der Waals surface area contributed by atoms with Gasteiger partial charge in [0, 0.05) is 19.5 Å². The summed E-state index contributed by atoms with van der Waals surface area (Å²) in [6.07, 6.45) is 10.00. The summed E-state index contributed by atoms with van der Waals surface area (Å²) in [4.78, 5) is 25.3. The first kappa shape index (κ1) is 18.0. The zero-order chi connectivity index (χ0) is 15.7. The number of rotatable bonds is 10. The molecule has 1 fully saturated rings. The van der Waals surface area contributed by atoms with Crippen LogP contribution in [0.5, 0.6) is 0 Å². The summed E-state index contributed by atoms with van der Waals surface area (Å²) in [5.74, 6) is 0.294. The van der Waals surface area contributed by atoms with Crippen molar-refractivity contribution in [3.8, 4) is 0 Å². The van der Waals surface area contributed by atoms with Crippen molar-refractivity contribution in [1.82, 2.24) is 4.90 Å². The molecule has 0 aromatic heterocycles. The van der Waals surface area contributed by atoms with Crippen molar-refractivity contribution < 1.29 is 9.59 Å². The molecule has 2 N–H and O–H groups in total. The number of hydrogen-bond donors (Lipinski definition) is 1. The maximum atomic E-state index is 12.3. The Kier molecular flexibility index (Phi) is 8.40. The topological polar surface area (TPSA) is 63.4 Å². The molecule has 1 heterocycles. The van der Waals surface area contributed by atoms with E-state index in [-0.39, 0.29) is 17.7 Å². The Labute approximate surface area is 129 Å². The smallest absolute Gasteiger partial charge is 0.222 e. The second-order valence-corrected chi connectivity index (χ2v) is 6.41. The average Bonchev–Trinajstić information content (AvgIpc) is 2.95. The van der Waals surface area contributed by atoms with Crippen molar-refractivity contribution in [3.63, 3.8) is 0 Å². The molecule has 1 aliphatic heterocycles. The van der Waals surface area contributed by atoms with E-state index < -0.39 is 0 Å². The van der Waals surface area contributed by atoms with E-state index in [1.165, 1.54) is 32.1 Å². The molecule has 2 unspecified atom stereocenters. The van der Waals surface area contributed by atoms with E-state index >= 15 is 0 Å². The van der Waals surface area contributed by atoms with Gasteiger partial charge in [-0.1, -0.05) is 52.4 Å². The number of amides is 2. The van der Waals surface area contributed by atoms with Gasteiger partial charge in [-0.25, -0.2) is 0 Å². The van der Waals surface area contributed by atoms with Crippen LogP contribution in [0.3, 0.4) is 0 Å². The third kappa shape index (κ3) is 6.49. The molecule has 0 radical (unpaired) electrons. The van der Waals surface area contributed by atoms with Crippen LogP contribution < -0.4 is 5.73 Å². The normalized spacial score (nSPS) is 19.7. The van der Waals surface area contributed by atoms with Crippen LogP contribution in [0.25, 0.3) is 0 Å². The number of nitrogens with two attached hydrogens (primary N) is 1. The molecule has 4 nitrogen and oxygen atoms in total. The van der Waals surface area contributed by atoms with Gasteiger partial charge in [0.2, 0.25) is 11.8 Å². The molecule has 0 aromatic rings. The highest BCUT2D eigenvalue weighted by Crippen LogP contribution is 2.22. The largest absolute Gasteiger partial charge is 0.369 e. The molecule has 122 valence electrons. The van der Waals surface area contributed by atoms with Crippen molar-refractivity contribution in [2.45, 2.75) is 71.6 Å². The number of primary amides is 1. The molecule has 0 aromatic carbocycles. The van der Waals surface area contributed by atoms with Gasteiger partial charge in [0.1, 0.15) is 0 Å². The quantitative estimate of drug-likeness (QED) is 0.630. The predicted molar refractivity (Wildman–Crippen MR) is 85.7 cm³/mol. The lowest BCUT2D eigenvalue weighted by Crippen LogP contribution is -2.32. The summed E-state index contributed by atoms with van der Waals surface area (Å²) in [6, 6.07) is 0. The third-order valence-electron chi connectivity index (χ3n) is 4.70. The van der Waals surface area contributed by atoms with Crippen LogP contribution >= 0.6 is 0 Å². The summed E-state index contributed by atoms with van der Waals surface area (Å²) in [6.45, 7) is 5.61. The minimum absolute atomic E-state index is 0.136. The average molecular weight is 296 g/mol. The van der Waals surface area contributed by atoms with Crippen molar-refractivity contribution in [2.75, 3.05) is 13.1 Å².